The van der Waals surface area contributed by atoms with Crippen molar-refractivity contribution in [3.63, 3.8) is 0 Å². The molecule has 0 aliphatic carbocycles. The van der Waals surface area contributed by atoms with Gasteiger partial charge in [-0.25, -0.2) is 4.79 Å². The van der Waals surface area contributed by atoms with Crippen LogP contribution in [0.1, 0.15) is 34.1 Å². The highest BCUT2D eigenvalue weighted by molar-refractivity contribution is 5.87. The van der Waals surface area contributed by atoms with Crippen LogP contribution in [0.15, 0.2) is 11.8 Å². The highest BCUT2D eigenvalue weighted by atomic mass is 16.5. The molecule has 3 heteroatoms. The van der Waals surface area contributed by atoms with Crippen LogP contribution in [0.3, 0.4) is 0 Å². The average molecular weight is 186 g/mol. The lowest BCUT2D eigenvalue weighted by atomic mass is 10.3. The van der Waals surface area contributed by atoms with Gasteiger partial charge in [0.2, 0.25) is 0 Å². The maximum Gasteiger partial charge on any atom is 0.336 e. The molecule has 0 aromatic carbocycles. The molecule has 0 aromatic heterocycles. The van der Waals surface area contributed by atoms with Crippen LogP contribution in [0.4, 0.5) is 0 Å². The van der Waals surface area contributed by atoms with Crippen molar-refractivity contribution in [3.8, 4) is 0 Å². The number of rotatable bonds is 5. The van der Waals surface area contributed by atoms with E-state index in [4.69, 9.17) is 9.47 Å². The molecule has 0 aliphatic rings. The van der Waals surface area contributed by atoms with Crippen molar-refractivity contribution in [3.05, 3.63) is 11.8 Å². The zero-order chi connectivity index (χ0) is 10.3. The van der Waals surface area contributed by atoms with Crippen LogP contribution in [-0.4, -0.2) is 18.7 Å². The first kappa shape index (κ1) is 12.0. The highest BCUT2D eigenvalue weighted by Gasteiger charge is 2.05. The van der Waals surface area contributed by atoms with Crippen molar-refractivity contribution in [2.75, 3.05) is 6.61 Å². The first-order valence-corrected chi connectivity index (χ1v) is 4.57. The van der Waals surface area contributed by atoms with E-state index < -0.39 is 0 Å². The molecule has 3 nitrogen and oxygen atoms in total. The second kappa shape index (κ2) is 6.52. The van der Waals surface area contributed by atoms with Gasteiger partial charge in [0.05, 0.1) is 24.5 Å². The first-order chi connectivity index (χ1) is 6.07. The zero-order valence-corrected chi connectivity index (χ0v) is 8.79. The van der Waals surface area contributed by atoms with Crippen LogP contribution in [0, 0.1) is 0 Å². The van der Waals surface area contributed by atoms with Gasteiger partial charge in [0.1, 0.15) is 0 Å². The Morgan fingerprint density at radius 2 is 2.08 bits per heavy atom. The number of carbonyl (C=O) groups is 1. The van der Waals surface area contributed by atoms with E-state index in [2.05, 4.69) is 0 Å². The first-order valence-electron chi connectivity index (χ1n) is 4.57. The number of ether oxygens (including phenoxy) is 2. The van der Waals surface area contributed by atoms with Crippen molar-refractivity contribution < 1.29 is 14.3 Å². The smallest absolute Gasteiger partial charge is 0.336 e. The summed E-state index contributed by atoms with van der Waals surface area (Å²) in [5.41, 5.74) is 0.502. The molecule has 0 N–H and O–H groups in total. The zero-order valence-electron chi connectivity index (χ0n) is 8.79. The minimum absolute atomic E-state index is 0.0916. The van der Waals surface area contributed by atoms with Gasteiger partial charge in [-0.2, -0.15) is 0 Å². The molecule has 0 amide bonds. The van der Waals surface area contributed by atoms with Crippen LogP contribution in [0.5, 0.6) is 0 Å². The quantitative estimate of drug-likeness (QED) is 0.375. The van der Waals surface area contributed by atoms with E-state index in [0.29, 0.717) is 12.2 Å². The Labute approximate surface area is 79.7 Å². The maximum absolute atomic E-state index is 11.1. The minimum atomic E-state index is -0.303. The molecule has 0 saturated carbocycles. The normalized spacial score (nSPS) is 11.6. The highest BCUT2D eigenvalue weighted by Crippen LogP contribution is 2.00. The van der Waals surface area contributed by atoms with Crippen LogP contribution >= 0.6 is 0 Å². The second-order valence-corrected chi connectivity index (χ2v) is 3.12. The Morgan fingerprint density at radius 1 is 1.46 bits per heavy atom. The summed E-state index contributed by atoms with van der Waals surface area (Å²) in [5, 5.41) is 0. The van der Waals surface area contributed by atoms with Gasteiger partial charge < -0.3 is 9.47 Å². The molecule has 76 valence electrons. The largest absolute Gasteiger partial charge is 0.498 e. The summed E-state index contributed by atoms with van der Waals surface area (Å²) in [6.45, 7) is 7.91. The van der Waals surface area contributed by atoms with Crippen molar-refractivity contribution in [2.24, 2.45) is 0 Å². The van der Waals surface area contributed by atoms with E-state index in [1.165, 1.54) is 6.26 Å². The summed E-state index contributed by atoms with van der Waals surface area (Å²) >= 11 is 0. The topological polar surface area (TPSA) is 35.5 Å². The van der Waals surface area contributed by atoms with E-state index in [9.17, 15) is 4.79 Å². The fourth-order valence-electron chi connectivity index (χ4n) is 0.595. The van der Waals surface area contributed by atoms with Gasteiger partial charge in [0, 0.05) is 0 Å². The maximum atomic E-state index is 11.1. The number of hydrogen-bond acceptors (Lipinski definition) is 3. The molecule has 0 atom stereocenters. The minimum Gasteiger partial charge on any atom is -0.498 e. The standard InChI is InChI=1S/C10H18O3/c1-5-6-12-10(11)9(4)7-13-8(2)3/h7-8H,5-6H2,1-4H3. The Bertz CT molecular complexity index is 183. The fraction of sp³-hybridized carbons (Fsp3) is 0.700. The van der Waals surface area contributed by atoms with E-state index >= 15 is 0 Å². The van der Waals surface area contributed by atoms with Gasteiger partial charge in [-0.3, -0.25) is 0 Å². The lowest BCUT2D eigenvalue weighted by Gasteiger charge is -2.06. The molecule has 0 unspecified atom stereocenters. The Morgan fingerprint density at radius 3 is 2.54 bits per heavy atom. The number of hydrogen-bond donors (Lipinski definition) is 0. The lowest BCUT2D eigenvalue weighted by molar-refractivity contribution is -0.139. The van der Waals surface area contributed by atoms with Gasteiger partial charge >= 0.3 is 5.97 Å². The molecular weight excluding hydrogens is 168 g/mol. The molecule has 0 saturated heterocycles. The van der Waals surface area contributed by atoms with Gasteiger partial charge in [-0.15, -0.1) is 0 Å². The third-order valence-electron chi connectivity index (χ3n) is 1.28. The lowest BCUT2D eigenvalue weighted by Crippen LogP contribution is -2.07. The van der Waals surface area contributed by atoms with Crippen molar-refractivity contribution in [2.45, 2.75) is 40.2 Å². The van der Waals surface area contributed by atoms with E-state index in [-0.39, 0.29) is 12.1 Å². The predicted octanol–water partition coefficient (Wildman–Crippen LogP) is 2.27. The third-order valence-corrected chi connectivity index (χ3v) is 1.28. The van der Waals surface area contributed by atoms with Gasteiger partial charge in [-0.1, -0.05) is 6.92 Å². The van der Waals surface area contributed by atoms with Crippen LogP contribution in [0.2, 0.25) is 0 Å². The average Bonchev–Trinajstić information content (AvgIpc) is 2.10. The summed E-state index contributed by atoms with van der Waals surface area (Å²) in [6.07, 6.45) is 2.38. The summed E-state index contributed by atoms with van der Waals surface area (Å²) < 4.78 is 10.0. The molecule has 0 aliphatic heterocycles. The third kappa shape index (κ3) is 6.20. The number of esters is 1. The molecule has 0 fully saturated rings. The summed E-state index contributed by atoms with van der Waals surface area (Å²) in [6, 6.07) is 0. The monoisotopic (exact) mass is 186 g/mol. The molecule has 0 rings (SSSR count). The molecule has 0 aromatic rings. The summed E-state index contributed by atoms with van der Waals surface area (Å²) in [7, 11) is 0. The van der Waals surface area contributed by atoms with E-state index in [1.54, 1.807) is 6.92 Å². The van der Waals surface area contributed by atoms with Gasteiger partial charge in [0.15, 0.2) is 0 Å². The van der Waals surface area contributed by atoms with E-state index in [1.807, 2.05) is 20.8 Å². The van der Waals surface area contributed by atoms with Crippen LogP contribution in [0.25, 0.3) is 0 Å². The van der Waals surface area contributed by atoms with Gasteiger partial charge in [-0.05, 0) is 27.2 Å². The van der Waals surface area contributed by atoms with Crippen LogP contribution < -0.4 is 0 Å². The molecule has 0 radical (unpaired) electrons. The van der Waals surface area contributed by atoms with Crippen molar-refractivity contribution in [1.29, 1.82) is 0 Å². The molecule has 13 heavy (non-hydrogen) atoms. The molecule has 0 spiro atoms. The second-order valence-electron chi connectivity index (χ2n) is 3.12. The Kier molecular flexibility index (Phi) is 6.02. The molecular formula is C10H18O3. The Hall–Kier alpha value is -0.990. The fourth-order valence-corrected chi connectivity index (χ4v) is 0.595. The van der Waals surface area contributed by atoms with Crippen molar-refractivity contribution >= 4 is 5.97 Å². The Balaban J connectivity index is 3.86. The molecule has 0 heterocycles. The van der Waals surface area contributed by atoms with Crippen LogP contribution in [-0.2, 0) is 14.3 Å². The number of carbonyl (C=O) groups excluding carboxylic acids is 1. The molecule has 0 bridgehead atoms. The van der Waals surface area contributed by atoms with Crippen molar-refractivity contribution in [1.82, 2.24) is 0 Å². The van der Waals surface area contributed by atoms with E-state index in [0.717, 1.165) is 6.42 Å². The van der Waals surface area contributed by atoms with Gasteiger partial charge in [0.25, 0.3) is 0 Å². The SMILES string of the molecule is CCCOC(=O)C(C)=COC(C)C. The summed E-state index contributed by atoms with van der Waals surface area (Å²) in [5.74, 6) is -0.303. The predicted molar refractivity (Wildman–Crippen MR) is 51.2 cm³/mol. The summed E-state index contributed by atoms with van der Waals surface area (Å²) in [4.78, 5) is 11.1.